The third-order valence-corrected chi connectivity index (χ3v) is 3.00. The lowest BCUT2D eigenvalue weighted by Crippen LogP contribution is -2.20. The van der Waals surface area contributed by atoms with E-state index in [1.807, 2.05) is 13.0 Å². The molecule has 0 radical (unpaired) electrons. The fourth-order valence-electron chi connectivity index (χ4n) is 2.08. The van der Waals surface area contributed by atoms with Gasteiger partial charge in [0.2, 0.25) is 0 Å². The average molecular weight is 311 g/mol. The Kier molecular flexibility index (Phi) is 3.47. The highest BCUT2D eigenvalue weighted by atomic mass is 19.4. The normalized spacial score (nSPS) is 13.5. The molecule has 1 atom stereocenters. The van der Waals surface area contributed by atoms with Crippen LogP contribution in [0.3, 0.4) is 0 Å². The summed E-state index contributed by atoms with van der Waals surface area (Å²) in [5.74, 6) is -0.0666. The summed E-state index contributed by atoms with van der Waals surface area (Å²) in [7, 11) is 0. The van der Waals surface area contributed by atoms with Crippen LogP contribution in [-0.2, 0) is 12.6 Å². The van der Waals surface area contributed by atoms with Crippen LogP contribution < -0.4 is 5.32 Å². The number of aromatic nitrogens is 4. The number of fused-ring (bicyclic) bond motifs is 1. The van der Waals surface area contributed by atoms with E-state index in [2.05, 4.69) is 20.6 Å². The second-order valence-electron chi connectivity index (χ2n) is 4.84. The quantitative estimate of drug-likeness (QED) is 0.802. The summed E-state index contributed by atoms with van der Waals surface area (Å²) in [5.41, 5.74) is 0.0385. The molecule has 0 amide bonds. The molecule has 3 aromatic rings. The zero-order valence-corrected chi connectivity index (χ0v) is 11.5. The maximum Gasteiger partial charge on any atom is 0.453 e. The fraction of sp³-hybridized carbons (Fsp3) is 0.308. The summed E-state index contributed by atoms with van der Waals surface area (Å²) >= 11 is 0. The highest BCUT2D eigenvalue weighted by Gasteiger charge is 2.37. The Labute approximate surface area is 123 Å². The topological polar surface area (TPSA) is 68.2 Å². The number of alkyl halides is 3. The molecule has 0 aliphatic heterocycles. The van der Waals surface area contributed by atoms with Crippen LogP contribution in [0.5, 0.6) is 0 Å². The molecule has 116 valence electrons. The summed E-state index contributed by atoms with van der Waals surface area (Å²) in [5, 5.41) is 13.5. The summed E-state index contributed by atoms with van der Waals surface area (Å²) < 4.78 is 44.3. The second kappa shape index (κ2) is 5.32. The molecule has 9 heteroatoms. The Morgan fingerprint density at radius 3 is 2.77 bits per heavy atom. The molecule has 0 unspecified atom stereocenters. The van der Waals surface area contributed by atoms with Crippen LogP contribution in [0, 0.1) is 0 Å². The van der Waals surface area contributed by atoms with Gasteiger partial charge in [0.1, 0.15) is 11.6 Å². The van der Waals surface area contributed by atoms with Crippen molar-refractivity contribution >= 4 is 11.5 Å². The summed E-state index contributed by atoms with van der Waals surface area (Å²) in [6.45, 7) is 1.88. The molecule has 6 nitrogen and oxygen atoms in total. The van der Waals surface area contributed by atoms with Gasteiger partial charge < -0.3 is 9.73 Å². The van der Waals surface area contributed by atoms with E-state index < -0.39 is 12.0 Å². The smallest absolute Gasteiger partial charge is 0.453 e. The number of nitrogens with zero attached hydrogens (tertiary/aromatic N) is 4. The molecule has 0 fully saturated rings. The molecule has 0 saturated carbocycles. The zero-order valence-electron chi connectivity index (χ0n) is 11.5. The Bertz CT molecular complexity index is 766. The van der Waals surface area contributed by atoms with Crippen LogP contribution in [0.15, 0.2) is 34.9 Å². The van der Waals surface area contributed by atoms with Crippen LogP contribution in [0.25, 0.3) is 5.65 Å². The monoisotopic (exact) mass is 311 g/mol. The van der Waals surface area contributed by atoms with Gasteiger partial charge in [-0.25, -0.2) is 0 Å². The van der Waals surface area contributed by atoms with Gasteiger partial charge in [-0.1, -0.05) is 0 Å². The molecule has 3 aromatic heterocycles. The molecule has 0 saturated heterocycles. The Morgan fingerprint density at radius 2 is 2.09 bits per heavy atom. The minimum Gasteiger partial charge on any atom is -0.469 e. The van der Waals surface area contributed by atoms with Crippen molar-refractivity contribution in [3.63, 3.8) is 0 Å². The lowest BCUT2D eigenvalue weighted by molar-refractivity contribution is -0.146. The van der Waals surface area contributed by atoms with E-state index in [1.165, 1.54) is 6.07 Å². The molecule has 0 spiro atoms. The predicted octanol–water partition coefficient (Wildman–Crippen LogP) is 2.78. The summed E-state index contributed by atoms with van der Waals surface area (Å²) in [6, 6.07) is 6.53. The molecule has 0 bridgehead atoms. The van der Waals surface area contributed by atoms with Crippen LogP contribution >= 0.6 is 0 Å². The molecule has 1 N–H and O–H groups in total. The number of hydrogen-bond acceptors (Lipinski definition) is 5. The Balaban J connectivity index is 1.82. The van der Waals surface area contributed by atoms with Gasteiger partial charge in [0.15, 0.2) is 5.65 Å². The largest absolute Gasteiger partial charge is 0.469 e. The van der Waals surface area contributed by atoms with Gasteiger partial charge in [0.05, 0.1) is 6.26 Å². The Hall–Kier alpha value is -2.58. The number of hydrogen-bond donors (Lipinski definition) is 1. The van der Waals surface area contributed by atoms with Crippen molar-refractivity contribution < 1.29 is 17.6 Å². The van der Waals surface area contributed by atoms with Crippen molar-refractivity contribution in [2.45, 2.75) is 25.6 Å². The zero-order chi connectivity index (χ0) is 15.7. The number of halogens is 3. The van der Waals surface area contributed by atoms with E-state index in [4.69, 9.17) is 4.42 Å². The SMILES string of the molecule is C[C@H](Cc1ccco1)Nc1ccc2nnc(C(F)(F)F)n2n1. The summed E-state index contributed by atoms with van der Waals surface area (Å²) in [4.78, 5) is 0. The van der Waals surface area contributed by atoms with Crippen LogP contribution in [0.2, 0.25) is 0 Å². The van der Waals surface area contributed by atoms with Crippen LogP contribution in [0.4, 0.5) is 19.0 Å². The molecule has 3 heterocycles. The lowest BCUT2D eigenvalue weighted by atomic mass is 10.2. The minimum absolute atomic E-state index is 0.0385. The number of furan rings is 1. The maximum atomic E-state index is 12.8. The van der Waals surface area contributed by atoms with Crippen molar-refractivity contribution in [2.75, 3.05) is 5.32 Å². The molecular formula is C13H12F3N5O. The van der Waals surface area contributed by atoms with E-state index in [9.17, 15) is 13.2 Å². The van der Waals surface area contributed by atoms with Crippen LogP contribution in [-0.4, -0.2) is 25.9 Å². The van der Waals surface area contributed by atoms with E-state index >= 15 is 0 Å². The van der Waals surface area contributed by atoms with Crippen LogP contribution in [0.1, 0.15) is 18.5 Å². The first-order valence-electron chi connectivity index (χ1n) is 6.52. The van der Waals surface area contributed by atoms with Gasteiger partial charge in [-0.2, -0.15) is 17.7 Å². The predicted molar refractivity (Wildman–Crippen MR) is 71.3 cm³/mol. The first kappa shape index (κ1) is 14.4. The van der Waals surface area contributed by atoms with Crippen molar-refractivity contribution in [3.8, 4) is 0 Å². The van der Waals surface area contributed by atoms with E-state index in [-0.39, 0.29) is 11.7 Å². The van der Waals surface area contributed by atoms with Crippen molar-refractivity contribution in [1.82, 2.24) is 19.8 Å². The average Bonchev–Trinajstić information content (AvgIpc) is 3.06. The minimum atomic E-state index is -4.61. The first-order chi connectivity index (χ1) is 10.4. The van der Waals surface area contributed by atoms with E-state index in [0.717, 1.165) is 5.76 Å². The molecule has 22 heavy (non-hydrogen) atoms. The first-order valence-corrected chi connectivity index (χ1v) is 6.52. The highest BCUT2D eigenvalue weighted by Crippen LogP contribution is 2.27. The number of nitrogens with one attached hydrogen (secondary N) is 1. The lowest BCUT2D eigenvalue weighted by Gasteiger charge is -2.13. The molecular weight excluding hydrogens is 299 g/mol. The Morgan fingerprint density at radius 1 is 1.27 bits per heavy atom. The third-order valence-electron chi connectivity index (χ3n) is 3.00. The molecule has 0 aliphatic rings. The van der Waals surface area contributed by atoms with Gasteiger partial charge >= 0.3 is 6.18 Å². The van der Waals surface area contributed by atoms with Crippen molar-refractivity contribution in [2.24, 2.45) is 0 Å². The highest BCUT2D eigenvalue weighted by molar-refractivity contribution is 5.44. The number of rotatable bonds is 4. The van der Waals surface area contributed by atoms with E-state index in [1.54, 1.807) is 18.4 Å². The van der Waals surface area contributed by atoms with Gasteiger partial charge in [-0.3, -0.25) is 0 Å². The van der Waals surface area contributed by atoms with Crippen molar-refractivity contribution in [1.29, 1.82) is 0 Å². The van der Waals surface area contributed by atoms with Gasteiger partial charge in [0, 0.05) is 12.5 Å². The van der Waals surface area contributed by atoms with Gasteiger partial charge in [0.25, 0.3) is 5.82 Å². The van der Waals surface area contributed by atoms with Gasteiger partial charge in [-0.05, 0) is 31.2 Å². The molecule has 3 rings (SSSR count). The fourth-order valence-corrected chi connectivity index (χ4v) is 2.08. The van der Waals surface area contributed by atoms with Crippen molar-refractivity contribution in [3.05, 3.63) is 42.1 Å². The molecule has 0 aliphatic carbocycles. The maximum absolute atomic E-state index is 12.8. The van der Waals surface area contributed by atoms with Gasteiger partial charge in [-0.15, -0.1) is 15.3 Å². The summed E-state index contributed by atoms with van der Waals surface area (Å²) in [6.07, 6.45) is -2.45. The van der Waals surface area contributed by atoms with E-state index in [0.29, 0.717) is 16.8 Å². The number of anilines is 1. The third kappa shape index (κ3) is 2.87. The molecule has 0 aromatic carbocycles. The second-order valence-corrected chi connectivity index (χ2v) is 4.84. The standard InChI is InChI=1S/C13H12F3N5O/c1-8(7-9-3-2-6-22-9)17-10-4-5-11-18-19-12(13(14,15)16)21(11)20-10/h2-6,8H,7H2,1H3,(H,17,20)/t8-/m1/s1.